The number of nitrogens with zero attached hydrogens (tertiary/aromatic N) is 1. The maximum absolute atomic E-state index is 12.0. The maximum atomic E-state index is 12.0. The van der Waals surface area contributed by atoms with Crippen LogP contribution in [-0.2, 0) is 4.79 Å². The summed E-state index contributed by atoms with van der Waals surface area (Å²) in [7, 11) is 0. The molecule has 2 atom stereocenters. The topological polar surface area (TPSA) is 89.9 Å². The first kappa shape index (κ1) is 16.8. The summed E-state index contributed by atoms with van der Waals surface area (Å²) in [5.41, 5.74) is 0.313. The van der Waals surface area contributed by atoms with Crippen LogP contribution in [0.3, 0.4) is 0 Å². The minimum Gasteiger partial charge on any atom is -0.480 e. The summed E-state index contributed by atoms with van der Waals surface area (Å²) in [5.74, 6) is -1.22. The molecule has 2 amide bonds. The molecule has 116 valence electrons. The number of carbonyl (C=O) groups excluding carboxylic acids is 1. The molecular weight excluding hydrogens is 260 g/mol. The van der Waals surface area contributed by atoms with Crippen molar-refractivity contribution in [2.75, 3.05) is 13.1 Å². The minimum absolute atomic E-state index is 0.313. The zero-order chi connectivity index (χ0) is 15.3. The van der Waals surface area contributed by atoms with Gasteiger partial charge in [0.05, 0.1) is 6.10 Å². The Balaban J connectivity index is 2.56. The molecule has 3 N–H and O–H groups in total. The Bertz CT molecular complexity index is 343. The summed E-state index contributed by atoms with van der Waals surface area (Å²) < 4.78 is 0. The Morgan fingerprint density at radius 2 is 1.75 bits per heavy atom. The number of carboxylic acids is 1. The number of amides is 2. The molecule has 0 spiro atoms. The van der Waals surface area contributed by atoms with Crippen LogP contribution in [0.5, 0.6) is 0 Å². The van der Waals surface area contributed by atoms with E-state index >= 15 is 0 Å². The number of rotatable bonds is 5. The normalized spacial score (nSPS) is 21.1. The van der Waals surface area contributed by atoms with Crippen LogP contribution in [0.2, 0.25) is 0 Å². The number of urea groups is 1. The fourth-order valence-corrected chi connectivity index (χ4v) is 2.75. The molecule has 0 aromatic carbocycles. The summed E-state index contributed by atoms with van der Waals surface area (Å²) in [5, 5.41) is 20.7. The number of likely N-dealkylation sites (tertiary alicyclic amines) is 1. The molecule has 6 nitrogen and oxygen atoms in total. The standard InChI is InChI=1S/C14H26N2O4/c1-4-14(5-2)6-8-16(9-7-14)13(20)15-11(10(3)17)12(18)19/h10-11,17H,4-9H2,1-3H3,(H,15,20)(H,18,19)/t10-,11+/m1/s1. The van der Waals surface area contributed by atoms with E-state index in [0.29, 0.717) is 18.5 Å². The lowest BCUT2D eigenvalue weighted by molar-refractivity contribution is -0.141. The van der Waals surface area contributed by atoms with E-state index in [1.54, 1.807) is 4.90 Å². The molecule has 1 heterocycles. The number of aliphatic hydroxyl groups excluding tert-OH is 1. The van der Waals surface area contributed by atoms with E-state index in [2.05, 4.69) is 19.2 Å². The molecular formula is C14H26N2O4. The van der Waals surface area contributed by atoms with Crippen molar-refractivity contribution in [2.45, 2.75) is 58.6 Å². The second-order valence-corrected chi connectivity index (χ2v) is 5.70. The molecule has 0 unspecified atom stereocenters. The summed E-state index contributed by atoms with van der Waals surface area (Å²) in [6.07, 6.45) is 2.97. The summed E-state index contributed by atoms with van der Waals surface area (Å²) >= 11 is 0. The predicted molar refractivity (Wildman–Crippen MR) is 75.5 cm³/mol. The second kappa shape index (κ2) is 6.92. The second-order valence-electron chi connectivity index (χ2n) is 5.70. The van der Waals surface area contributed by atoms with Crippen LogP contribution in [0.15, 0.2) is 0 Å². The van der Waals surface area contributed by atoms with Gasteiger partial charge in [-0.3, -0.25) is 0 Å². The molecule has 0 saturated carbocycles. The minimum atomic E-state index is -1.26. The lowest BCUT2D eigenvalue weighted by atomic mass is 9.74. The van der Waals surface area contributed by atoms with Crippen LogP contribution in [0.25, 0.3) is 0 Å². The Kier molecular flexibility index (Phi) is 5.80. The number of carboxylic acid groups (broad SMARTS) is 1. The van der Waals surface area contributed by atoms with Gasteiger partial charge in [-0.2, -0.15) is 0 Å². The number of hydrogen-bond acceptors (Lipinski definition) is 3. The van der Waals surface area contributed by atoms with Crippen LogP contribution >= 0.6 is 0 Å². The van der Waals surface area contributed by atoms with Crippen LogP contribution < -0.4 is 5.32 Å². The van der Waals surface area contributed by atoms with E-state index in [1.807, 2.05) is 0 Å². The van der Waals surface area contributed by atoms with E-state index in [9.17, 15) is 14.7 Å². The highest BCUT2D eigenvalue weighted by atomic mass is 16.4. The monoisotopic (exact) mass is 286 g/mol. The molecule has 1 aliphatic rings. The lowest BCUT2D eigenvalue weighted by Crippen LogP contribution is -2.54. The molecule has 0 bridgehead atoms. The zero-order valence-electron chi connectivity index (χ0n) is 12.6. The van der Waals surface area contributed by atoms with Gasteiger partial charge in [-0.05, 0) is 25.2 Å². The number of nitrogens with one attached hydrogen (secondary N) is 1. The SMILES string of the molecule is CCC1(CC)CCN(C(=O)N[C@H](C(=O)O)[C@@H](C)O)CC1. The molecule has 1 fully saturated rings. The maximum Gasteiger partial charge on any atom is 0.328 e. The third-order valence-corrected chi connectivity index (χ3v) is 4.64. The highest BCUT2D eigenvalue weighted by Gasteiger charge is 2.34. The lowest BCUT2D eigenvalue weighted by Gasteiger charge is -2.41. The van der Waals surface area contributed by atoms with Gasteiger partial charge in [0.1, 0.15) is 0 Å². The Labute approximate surface area is 120 Å². The van der Waals surface area contributed by atoms with Crippen molar-refractivity contribution in [1.29, 1.82) is 0 Å². The van der Waals surface area contributed by atoms with Crippen molar-refractivity contribution in [3.05, 3.63) is 0 Å². The average molecular weight is 286 g/mol. The van der Waals surface area contributed by atoms with Crippen molar-refractivity contribution >= 4 is 12.0 Å². The number of aliphatic hydroxyl groups is 1. The number of aliphatic carboxylic acids is 1. The molecule has 0 aromatic heterocycles. The quantitative estimate of drug-likeness (QED) is 0.713. The molecule has 1 rings (SSSR count). The van der Waals surface area contributed by atoms with Gasteiger partial charge in [-0.1, -0.05) is 26.7 Å². The van der Waals surface area contributed by atoms with Crippen molar-refractivity contribution in [1.82, 2.24) is 10.2 Å². The van der Waals surface area contributed by atoms with Gasteiger partial charge < -0.3 is 20.4 Å². The van der Waals surface area contributed by atoms with E-state index < -0.39 is 24.1 Å². The van der Waals surface area contributed by atoms with E-state index in [-0.39, 0.29) is 0 Å². The van der Waals surface area contributed by atoms with Crippen molar-refractivity contribution in [3.63, 3.8) is 0 Å². The fraction of sp³-hybridized carbons (Fsp3) is 0.857. The van der Waals surface area contributed by atoms with E-state index in [0.717, 1.165) is 25.7 Å². The average Bonchev–Trinajstić information content (AvgIpc) is 2.43. The zero-order valence-corrected chi connectivity index (χ0v) is 12.6. The predicted octanol–water partition coefficient (Wildman–Crippen LogP) is 1.43. The number of hydrogen-bond donors (Lipinski definition) is 3. The van der Waals surface area contributed by atoms with E-state index in [1.165, 1.54) is 6.92 Å². The van der Waals surface area contributed by atoms with Crippen molar-refractivity contribution in [3.8, 4) is 0 Å². The molecule has 20 heavy (non-hydrogen) atoms. The molecule has 6 heteroatoms. The molecule has 0 radical (unpaired) electrons. The summed E-state index contributed by atoms with van der Waals surface area (Å²) in [4.78, 5) is 24.6. The Morgan fingerprint density at radius 1 is 1.25 bits per heavy atom. The van der Waals surface area contributed by atoms with Gasteiger partial charge in [0.2, 0.25) is 0 Å². The number of carbonyl (C=O) groups is 2. The van der Waals surface area contributed by atoms with Crippen LogP contribution in [0.1, 0.15) is 46.5 Å². The smallest absolute Gasteiger partial charge is 0.328 e. The molecule has 1 aliphatic heterocycles. The fourth-order valence-electron chi connectivity index (χ4n) is 2.75. The van der Waals surface area contributed by atoms with Crippen molar-refractivity contribution in [2.24, 2.45) is 5.41 Å². The number of piperidine rings is 1. The Hall–Kier alpha value is -1.30. The third-order valence-electron chi connectivity index (χ3n) is 4.64. The van der Waals surface area contributed by atoms with Crippen LogP contribution in [0, 0.1) is 5.41 Å². The first-order valence-corrected chi connectivity index (χ1v) is 7.31. The Morgan fingerprint density at radius 3 is 2.10 bits per heavy atom. The van der Waals surface area contributed by atoms with Gasteiger partial charge in [0, 0.05) is 13.1 Å². The van der Waals surface area contributed by atoms with Gasteiger partial charge in [0.15, 0.2) is 6.04 Å². The first-order valence-electron chi connectivity index (χ1n) is 7.31. The van der Waals surface area contributed by atoms with Crippen molar-refractivity contribution < 1.29 is 19.8 Å². The van der Waals surface area contributed by atoms with Crippen LogP contribution in [-0.4, -0.2) is 52.3 Å². The molecule has 0 aromatic rings. The van der Waals surface area contributed by atoms with Gasteiger partial charge in [-0.25, -0.2) is 9.59 Å². The summed E-state index contributed by atoms with van der Waals surface area (Å²) in [6.45, 7) is 6.98. The van der Waals surface area contributed by atoms with Gasteiger partial charge in [0.25, 0.3) is 0 Å². The first-order chi connectivity index (χ1) is 9.35. The largest absolute Gasteiger partial charge is 0.480 e. The van der Waals surface area contributed by atoms with E-state index in [4.69, 9.17) is 5.11 Å². The third kappa shape index (κ3) is 3.85. The van der Waals surface area contributed by atoms with Crippen LogP contribution in [0.4, 0.5) is 4.79 Å². The van der Waals surface area contributed by atoms with Gasteiger partial charge in [-0.15, -0.1) is 0 Å². The highest BCUT2D eigenvalue weighted by Crippen LogP contribution is 2.37. The highest BCUT2D eigenvalue weighted by molar-refractivity contribution is 5.83. The molecule has 1 saturated heterocycles. The molecule has 0 aliphatic carbocycles. The summed E-state index contributed by atoms with van der Waals surface area (Å²) in [6, 6.07) is -1.66. The van der Waals surface area contributed by atoms with Gasteiger partial charge >= 0.3 is 12.0 Å².